The summed E-state index contributed by atoms with van der Waals surface area (Å²) >= 11 is 3.55. The Kier molecular flexibility index (Phi) is 6.10. The van der Waals surface area contributed by atoms with Gasteiger partial charge in [-0.05, 0) is 77.3 Å². The van der Waals surface area contributed by atoms with Crippen molar-refractivity contribution >= 4 is 37.4 Å². The predicted octanol–water partition coefficient (Wildman–Crippen LogP) is 4.74. The highest BCUT2D eigenvalue weighted by Gasteiger charge is 2.21. The van der Waals surface area contributed by atoms with E-state index in [1.807, 2.05) is 37.6 Å². The van der Waals surface area contributed by atoms with Crippen molar-refractivity contribution in [3.05, 3.63) is 63.8 Å². The number of carbonyl (C=O) groups excluding carboxylic acids is 1. The number of carbonyl (C=O) groups is 1. The summed E-state index contributed by atoms with van der Waals surface area (Å²) in [5.74, 6) is 0.431. The number of hydrogen-bond acceptors (Lipinski definition) is 4. The van der Waals surface area contributed by atoms with Gasteiger partial charge in [-0.25, -0.2) is 8.42 Å². The molecule has 0 fully saturated rings. The SMILES string of the molecule is COc1c(Br)cc(C)cc1-c1c(C)c(C(=O)Nc2ccc(S(C)(=O)=O)cc2)cn1C. The van der Waals surface area contributed by atoms with Gasteiger partial charge in [0, 0.05) is 30.8 Å². The zero-order valence-electron chi connectivity index (χ0n) is 17.4. The summed E-state index contributed by atoms with van der Waals surface area (Å²) in [6.45, 7) is 3.90. The Morgan fingerprint density at radius 3 is 2.33 bits per heavy atom. The molecular weight excluding hydrogens is 468 g/mol. The van der Waals surface area contributed by atoms with Crippen LogP contribution in [-0.2, 0) is 16.9 Å². The average molecular weight is 491 g/mol. The van der Waals surface area contributed by atoms with E-state index in [-0.39, 0.29) is 10.8 Å². The van der Waals surface area contributed by atoms with Crippen LogP contribution in [0.2, 0.25) is 0 Å². The highest BCUT2D eigenvalue weighted by atomic mass is 79.9. The Labute approximate surface area is 184 Å². The molecule has 0 radical (unpaired) electrons. The van der Waals surface area contributed by atoms with E-state index in [1.54, 1.807) is 25.4 Å². The normalized spacial score (nSPS) is 11.4. The molecule has 3 aromatic rings. The van der Waals surface area contributed by atoms with Crippen LogP contribution >= 0.6 is 15.9 Å². The van der Waals surface area contributed by atoms with Gasteiger partial charge < -0.3 is 14.6 Å². The number of rotatable bonds is 5. The van der Waals surface area contributed by atoms with Crippen LogP contribution < -0.4 is 10.1 Å². The Morgan fingerprint density at radius 1 is 1.13 bits per heavy atom. The van der Waals surface area contributed by atoms with Gasteiger partial charge in [-0.1, -0.05) is 0 Å². The van der Waals surface area contributed by atoms with Gasteiger partial charge in [0.2, 0.25) is 0 Å². The summed E-state index contributed by atoms with van der Waals surface area (Å²) in [5.41, 5.74) is 4.70. The molecule has 2 aromatic carbocycles. The van der Waals surface area contributed by atoms with Crippen LogP contribution in [0.15, 0.2) is 52.0 Å². The monoisotopic (exact) mass is 490 g/mol. The third-order valence-electron chi connectivity index (χ3n) is 4.87. The van der Waals surface area contributed by atoms with Crippen LogP contribution in [0.3, 0.4) is 0 Å². The van der Waals surface area contributed by atoms with Gasteiger partial charge in [-0.15, -0.1) is 0 Å². The fourth-order valence-corrected chi connectivity index (χ4v) is 4.83. The molecule has 0 aliphatic carbocycles. The molecule has 0 saturated heterocycles. The van der Waals surface area contributed by atoms with Gasteiger partial charge in [-0.3, -0.25) is 4.79 Å². The minimum atomic E-state index is -3.29. The lowest BCUT2D eigenvalue weighted by Gasteiger charge is -2.14. The zero-order valence-corrected chi connectivity index (χ0v) is 19.8. The van der Waals surface area contributed by atoms with Crippen molar-refractivity contribution in [1.82, 2.24) is 4.57 Å². The van der Waals surface area contributed by atoms with E-state index in [1.165, 1.54) is 12.1 Å². The van der Waals surface area contributed by atoms with E-state index in [0.717, 1.165) is 33.1 Å². The number of sulfone groups is 1. The minimum absolute atomic E-state index is 0.204. The molecule has 1 amide bonds. The van der Waals surface area contributed by atoms with Crippen LogP contribution in [0.4, 0.5) is 5.69 Å². The van der Waals surface area contributed by atoms with Crippen LogP contribution in [0.1, 0.15) is 21.5 Å². The zero-order chi connectivity index (χ0) is 22.2. The molecule has 0 bridgehead atoms. The molecule has 6 nitrogen and oxygen atoms in total. The van der Waals surface area contributed by atoms with Gasteiger partial charge in [0.25, 0.3) is 5.91 Å². The molecule has 8 heteroatoms. The Morgan fingerprint density at radius 2 is 1.77 bits per heavy atom. The molecule has 0 aliphatic rings. The van der Waals surface area contributed by atoms with Crippen molar-refractivity contribution in [1.29, 1.82) is 0 Å². The van der Waals surface area contributed by atoms with Crippen molar-refractivity contribution in [3.63, 3.8) is 0 Å². The molecule has 1 N–H and O–H groups in total. The number of halogens is 1. The smallest absolute Gasteiger partial charge is 0.257 e. The van der Waals surface area contributed by atoms with E-state index in [4.69, 9.17) is 4.74 Å². The standard InChI is InChI=1S/C22H23BrN2O4S/c1-13-10-17(21(29-4)19(23)11-13)20-14(2)18(12-25(20)3)22(26)24-15-6-8-16(9-7-15)30(5,27)28/h6-12H,1-5H3,(H,24,26). The topological polar surface area (TPSA) is 77.4 Å². The van der Waals surface area contributed by atoms with Crippen LogP contribution in [0.5, 0.6) is 5.75 Å². The van der Waals surface area contributed by atoms with E-state index in [0.29, 0.717) is 17.0 Å². The molecule has 1 aromatic heterocycles. The number of benzene rings is 2. The third-order valence-corrected chi connectivity index (χ3v) is 6.58. The molecule has 0 aliphatic heterocycles. The number of amides is 1. The van der Waals surface area contributed by atoms with Crippen molar-refractivity contribution in [2.75, 3.05) is 18.7 Å². The van der Waals surface area contributed by atoms with Crippen molar-refractivity contribution < 1.29 is 17.9 Å². The van der Waals surface area contributed by atoms with Crippen molar-refractivity contribution in [2.24, 2.45) is 7.05 Å². The summed E-state index contributed by atoms with van der Waals surface area (Å²) in [6.07, 6.45) is 2.92. The summed E-state index contributed by atoms with van der Waals surface area (Å²) in [4.78, 5) is 13.1. The quantitative estimate of drug-likeness (QED) is 0.560. The van der Waals surface area contributed by atoms with Crippen molar-refractivity contribution in [3.8, 4) is 17.0 Å². The Bertz CT molecular complexity index is 1230. The first-order valence-corrected chi connectivity index (χ1v) is 11.8. The number of aryl methyl sites for hydroxylation is 2. The minimum Gasteiger partial charge on any atom is -0.495 e. The summed E-state index contributed by atoms with van der Waals surface area (Å²) < 4.78 is 31.5. The largest absolute Gasteiger partial charge is 0.495 e. The molecule has 1 heterocycles. The Balaban J connectivity index is 1.97. The lowest BCUT2D eigenvalue weighted by Crippen LogP contribution is -2.12. The van der Waals surface area contributed by atoms with E-state index in [2.05, 4.69) is 21.2 Å². The second kappa shape index (κ2) is 8.28. The third kappa shape index (κ3) is 4.29. The molecule has 3 rings (SSSR count). The van der Waals surface area contributed by atoms with Gasteiger partial charge in [0.1, 0.15) is 5.75 Å². The molecule has 158 valence electrons. The van der Waals surface area contributed by atoms with Crippen LogP contribution in [0, 0.1) is 13.8 Å². The van der Waals surface area contributed by atoms with E-state index >= 15 is 0 Å². The number of ether oxygens (including phenoxy) is 1. The highest BCUT2D eigenvalue weighted by molar-refractivity contribution is 9.10. The average Bonchev–Trinajstić information content (AvgIpc) is 2.95. The number of aromatic nitrogens is 1. The molecular formula is C22H23BrN2O4S. The molecule has 0 atom stereocenters. The maximum absolute atomic E-state index is 12.9. The second-order valence-corrected chi connectivity index (χ2v) is 10.1. The van der Waals surface area contributed by atoms with Crippen LogP contribution in [-0.4, -0.2) is 32.3 Å². The second-order valence-electron chi connectivity index (χ2n) is 7.21. The summed E-state index contributed by atoms with van der Waals surface area (Å²) in [6, 6.07) is 10.1. The first kappa shape index (κ1) is 22.1. The van der Waals surface area contributed by atoms with Gasteiger partial charge in [0.15, 0.2) is 9.84 Å². The number of methoxy groups -OCH3 is 1. The fourth-order valence-electron chi connectivity index (χ4n) is 3.46. The first-order chi connectivity index (χ1) is 14.0. The molecule has 0 spiro atoms. The van der Waals surface area contributed by atoms with Crippen molar-refractivity contribution in [2.45, 2.75) is 18.7 Å². The van der Waals surface area contributed by atoms with Gasteiger partial charge in [-0.2, -0.15) is 0 Å². The number of hydrogen-bond donors (Lipinski definition) is 1. The van der Waals surface area contributed by atoms with Gasteiger partial charge >= 0.3 is 0 Å². The van der Waals surface area contributed by atoms with Crippen LogP contribution in [0.25, 0.3) is 11.3 Å². The lowest BCUT2D eigenvalue weighted by atomic mass is 10.0. The number of nitrogens with zero attached hydrogens (tertiary/aromatic N) is 1. The highest BCUT2D eigenvalue weighted by Crippen LogP contribution is 2.40. The van der Waals surface area contributed by atoms with E-state index < -0.39 is 9.84 Å². The van der Waals surface area contributed by atoms with Gasteiger partial charge in [0.05, 0.1) is 27.7 Å². The summed E-state index contributed by atoms with van der Waals surface area (Å²) in [7, 11) is 0.215. The Hall–Kier alpha value is -2.58. The first-order valence-electron chi connectivity index (χ1n) is 9.14. The van der Waals surface area contributed by atoms with E-state index in [9.17, 15) is 13.2 Å². The molecule has 0 unspecified atom stereocenters. The lowest BCUT2D eigenvalue weighted by molar-refractivity contribution is 0.102. The molecule has 30 heavy (non-hydrogen) atoms. The maximum atomic E-state index is 12.9. The predicted molar refractivity (Wildman–Crippen MR) is 122 cm³/mol. The fraction of sp³-hybridized carbons (Fsp3) is 0.227. The number of anilines is 1. The maximum Gasteiger partial charge on any atom is 0.257 e. The summed E-state index contributed by atoms with van der Waals surface area (Å²) in [5, 5.41) is 2.83. The molecule has 0 saturated carbocycles. The number of nitrogens with one attached hydrogen (secondary N) is 1.